The molecule has 0 radical (unpaired) electrons. The fraction of sp³-hybridized carbons (Fsp3) is 0.667. The Morgan fingerprint density at radius 3 is 2.17 bits per heavy atom. The van der Waals surface area contributed by atoms with Crippen molar-refractivity contribution in [3.05, 3.63) is 20.8 Å². The Labute approximate surface area is 139 Å². The zero-order valence-corrected chi connectivity index (χ0v) is 14.2. The minimum absolute atomic E-state index is 0.112. The summed E-state index contributed by atoms with van der Waals surface area (Å²) in [5.74, 6) is 0.365. The monoisotopic (exact) mass is 339 g/mol. The van der Waals surface area contributed by atoms with Gasteiger partial charge < -0.3 is 20.1 Å². The normalized spacial score (nSPS) is 11.3. The summed E-state index contributed by atoms with van der Waals surface area (Å²) >= 11 is 0. The van der Waals surface area contributed by atoms with Gasteiger partial charge in [0, 0.05) is 26.2 Å². The van der Waals surface area contributed by atoms with E-state index in [0.29, 0.717) is 31.1 Å². The molecule has 0 bridgehead atoms. The standard InChI is InChI=1S/C15H25N5O4/c1-3-5-19-12-11(13(23)20(6-4-2)15(19)24)16-14(17-12)18(7-9-21)8-10-22/h21-22H,3-10H2,1-2H3,(H,16,17). The number of aliphatic hydroxyl groups is 2. The van der Waals surface area contributed by atoms with Gasteiger partial charge in [-0.1, -0.05) is 13.8 Å². The van der Waals surface area contributed by atoms with Crippen LogP contribution < -0.4 is 16.1 Å². The van der Waals surface area contributed by atoms with Crippen LogP contribution in [-0.4, -0.2) is 55.6 Å². The molecule has 2 heterocycles. The first-order valence-corrected chi connectivity index (χ1v) is 8.29. The number of fused-ring (bicyclic) bond motifs is 1. The number of hydrogen-bond acceptors (Lipinski definition) is 6. The summed E-state index contributed by atoms with van der Waals surface area (Å²) in [6, 6.07) is 0. The molecule has 0 aliphatic carbocycles. The average Bonchev–Trinajstić information content (AvgIpc) is 3.00. The Kier molecular flexibility index (Phi) is 6.16. The lowest BCUT2D eigenvalue weighted by atomic mass is 10.4. The fourth-order valence-corrected chi connectivity index (χ4v) is 2.72. The molecule has 9 nitrogen and oxygen atoms in total. The van der Waals surface area contributed by atoms with Crippen LogP contribution in [0.15, 0.2) is 9.59 Å². The highest BCUT2D eigenvalue weighted by Gasteiger charge is 2.19. The van der Waals surface area contributed by atoms with Crippen molar-refractivity contribution in [1.29, 1.82) is 0 Å². The first kappa shape index (κ1) is 18.2. The van der Waals surface area contributed by atoms with Crippen molar-refractivity contribution in [2.45, 2.75) is 39.8 Å². The maximum absolute atomic E-state index is 12.6. The molecule has 0 amide bonds. The summed E-state index contributed by atoms with van der Waals surface area (Å²) in [6.07, 6.45) is 1.41. The van der Waals surface area contributed by atoms with E-state index in [4.69, 9.17) is 10.2 Å². The molecule has 0 aliphatic rings. The lowest BCUT2D eigenvalue weighted by molar-refractivity contribution is 0.280. The Morgan fingerprint density at radius 2 is 1.62 bits per heavy atom. The maximum atomic E-state index is 12.6. The van der Waals surface area contributed by atoms with Gasteiger partial charge in [0.1, 0.15) is 0 Å². The number of aromatic amines is 1. The second-order valence-electron chi connectivity index (χ2n) is 5.58. The number of aromatic nitrogens is 4. The van der Waals surface area contributed by atoms with Crippen molar-refractivity contribution in [2.75, 3.05) is 31.2 Å². The second-order valence-corrected chi connectivity index (χ2v) is 5.58. The number of aliphatic hydroxyl groups excluding tert-OH is 2. The van der Waals surface area contributed by atoms with Gasteiger partial charge in [-0.2, -0.15) is 4.98 Å². The third kappa shape index (κ3) is 3.36. The molecule has 0 saturated carbocycles. The molecule has 0 unspecified atom stereocenters. The Bertz CT molecular complexity index is 785. The minimum atomic E-state index is -0.393. The molecule has 0 spiro atoms. The molecule has 2 aromatic heterocycles. The highest BCUT2D eigenvalue weighted by molar-refractivity contribution is 5.73. The van der Waals surface area contributed by atoms with Crippen molar-refractivity contribution >= 4 is 17.1 Å². The number of nitrogens with one attached hydrogen (secondary N) is 1. The highest BCUT2D eigenvalue weighted by atomic mass is 16.3. The molecule has 0 fully saturated rings. The van der Waals surface area contributed by atoms with Crippen LogP contribution in [-0.2, 0) is 13.1 Å². The van der Waals surface area contributed by atoms with Crippen LogP contribution >= 0.6 is 0 Å². The molecule has 2 rings (SSSR count). The van der Waals surface area contributed by atoms with E-state index in [2.05, 4.69) is 9.97 Å². The number of nitrogens with zero attached hydrogens (tertiary/aromatic N) is 4. The van der Waals surface area contributed by atoms with Gasteiger partial charge >= 0.3 is 5.69 Å². The first-order chi connectivity index (χ1) is 11.6. The molecular formula is C15H25N5O4. The zero-order chi connectivity index (χ0) is 17.7. The number of hydrogen-bond donors (Lipinski definition) is 3. The SMILES string of the molecule is CCCn1c(=O)c2[nH]c(N(CCO)CCO)nc2n(CCC)c1=O. The van der Waals surface area contributed by atoms with Gasteiger partial charge in [-0.3, -0.25) is 13.9 Å². The lowest BCUT2D eigenvalue weighted by Gasteiger charge is -2.18. The number of H-pyrrole nitrogens is 1. The Hall–Kier alpha value is -2.13. The summed E-state index contributed by atoms with van der Waals surface area (Å²) in [7, 11) is 0. The summed E-state index contributed by atoms with van der Waals surface area (Å²) in [5.41, 5.74) is -0.163. The summed E-state index contributed by atoms with van der Waals surface area (Å²) in [5, 5.41) is 18.3. The predicted molar refractivity (Wildman–Crippen MR) is 91.6 cm³/mol. The number of rotatable bonds is 9. The Morgan fingerprint density at radius 1 is 1.04 bits per heavy atom. The highest BCUT2D eigenvalue weighted by Crippen LogP contribution is 2.14. The Balaban J connectivity index is 2.69. The van der Waals surface area contributed by atoms with Gasteiger partial charge in [-0.25, -0.2) is 4.79 Å². The molecule has 0 aliphatic heterocycles. The third-order valence-electron chi connectivity index (χ3n) is 3.78. The summed E-state index contributed by atoms with van der Waals surface area (Å²) in [4.78, 5) is 34.2. The van der Waals surface area contributed by atoms with Crippen LogP contribution in [0.25, 0.3) is 11.2 Å². The maximum Gasteiger partial charge on any atom is 0.332 e. The first-order valence-electron chi connectivity index (χ1n) is 8.29. The van der Waals surface area contributed by atoms with Crippen molar-refractivity contribution < 1.29 is 10.2 Å². The van der Waals surface area contributed by atoms with Gasteiger partial charge in [-0.05, 0) is 12.8 Å². The van der Waals surface area contributed by atoms with E-state index in [1.807, 2.05) is 13.8 Å². The fourth-order valence-electron chi connectivity index (χ4n) is 2.72. The van der Waals surface area contributed by atoms with Crippen molar-refractivity contribution in [3.8, 4) is 0 Å². The van der Waals surface area contributed by atoms with Crippen LogP contribution in [0.3, 0.4) is 0 Å². The van der Waals surface area contributed by atoms with Crippen molar-refractivity contribution in [2.24, 2.45) is 0 Å². The van der Waals surface area contributed by atoms with Gasteiger partial charge in [0.2, 0.25) is 5.95 Å². The van der Waals surface area contributed by atoms with E-state index in [1.165, 1.54) is 9.13 Å². The quantitative estimate of drug-likeness (QED) is 0.567. The zero-order valence-electron chi connectivity index (χ0n) is 14.2. The van der Waals surface area contributed by atoms with E-state index in [0.717, 1.165) is 6.42 Å². The molecule has 134 valence electrons. The van der Waals surface area contributed by atoms with Gasteiger partial charge in [0.05, 0.1) is 13.2 Å². The molecule has 24 heavy (non-hydrogen) atoms. The molecule has 0 saturated heterocycles. The summed E-state index contributed by atoms with van der Waals surface area (Å²) < 4.78 is 2.73. The summed E-state index contributed by atoms with van der Waals surface area (Å²) in [6.45, 7) is 4.97. The number of aryl methyl sites for hydroxylation is 1. The van der Waals surface area contributed by atoms with Crippen LogP contribution in [0.5, 0.6) is 0 Å². The third-order valence-corrected chi connectivity index (χ3v) is 3.78. The van der Waals surface area contributed by atoms with E-state index < -0.39 is 5.56 Å². The molecule has 0 aromatic carbocycles. The average molecular weight is 339 g/mol. The minimum Gasteiger partial charge on any atom is -0.395 e. The topological polar surface area (TPSA) is 116 Å². The van der Waals surface area contributed by atoms with Gasteiger partial charge in [0.25, 0.3) is 5.56 Å². The van der Waals surface area contributed by atoms with E-state index in [1.54, 1.807) is 4.90 Å². The van der Waals surface area contributed by atoms with Crippen molar-refractivity contribution in [3.63, 3.8) is 0 Å². The molecule has 0 atom stereocenters. The molecular weight excluding hydrogens is 314 g/mol. The van der Waals surface area contributed by atoms with E-state index >= 15 is 0 Å². The van der Waals surface area contributed by atoms with Crippen molar-refractivity contribution in [1.82, 2.24) is 19.1 Å². The molecule has 9 heteroatoms. The lowest BCUT2D eigenvalue weighted by Crippen LogP contribution is -2.40. The second kappa shape index (κ2) is 8.11. The van der Waals surface area contributed by atoms with E-state index in [-0.39, 0.29) is 37.5 Å². The molecule has 2 aromatic rings. The van der Waals surface area contributed by atoms with Crippen LogP contribution in [0.1, 0.15) is 26.7 Å². The number of anilines is 1. The molecule has 3 N–H and O–H groups in total. The largest absolute Gasteiger partial charge is 0.395 e. The predicted octanol–water partition coefficient (Wildman–Crippen LogP) is -0.503. The van der Waals surface area contributed by atoms with Crippen LogP contribution in [0.4, 0.5) is 5.95 Å². The smallest absolute Gasteiger partial charge is 0.332 e. The number of imidazole rings is 1. The van der Waals surface area contributed by atoms with Crippen LogP contribution in [0.2, 0.25) is 0 Å². The van der Waals surface area contributed by atoms with Gasteiger partial charge in [-0.15, -0.1) is 0 Å². The van der Waals surface area contributed by atoms with Gasteiger partial charge in [0.15, 0.2) is 11.2 Å². The van der Waals surface area contributed by atoms with E-state index in [9.17, 15) is 9.59 Å². The van der Waals surface area contributed by atoms with Crippen LogP contribution in [0, 0.1) is 0 Å².